The van der Waals surface area contributed by atoms with Crippen LogP contribution in [0.1, 0.15) is 18.1 Å². The van der Waals surface area contributed by atoms with Crippen LogP contribution in [0.3, 0.4) is 0 Å². The van der Waals surface area contributed by atoms with Crippen LogP contribution in [0.25, 0.3) is 11.1 Å². The Balaban J connectivity index is 2.41. The van der Waals surface area contributed by atoms with Crippen LogP contribution >= 0.6 is 0 Å². The van der Waals surface area contributed by atoms with E-state index in [9.17, 15) is 13.2 Å². The summed E-state index contributed by atoms with van der Waals surface area (Å²) >= 11 is 0. The number of alkyl halides is 3. The van der Waals surface area contributed by atoms with E-state index >= 15 is 0 Å². The highest BCUT2D eigenvalue weighted by atomic mass is 19.4. The molecule has 0 aromatic heterocycles. The van der Waals surface area contributed by atoms with Crippen molar-refractivity contribution in [1.82, 2.24) is 5.32 Å². The summed E-state index contributed by atoms with van der Waals surface area (Å²) in [6.07, 6.45) is -4.31. The minimum Gasteiger partial charge on any atom is -0.313 e. The monoisotopic (exact) mass is 279 g/mol. The highest BCUT2D eigenvalue weighted by Crippen LogP contribution is 2.33. The zero-order chi connectivity index (χ0) is 14.6. The third-order valence-corrected chi connectivity index (χ3v) is 3.08. The van der Waals surface area contributed by atoms with Gasteiger partial charge in [-0.1, -0.05) is 43.3 Å². The van der Waals surface area contributed by atoms with Crippen LogP contribution in [0.2, 0.25) is 0 Å². The molecule has 0 radical (unpaired) electrons. The van der Waals surface area contributed by atoms with E-state index in [2.05, 4.69) is 5.32 Å². The van der Waals surface area contributed by atoms with Gasteiger partial charge >= 0.3 is 6.18 Å². The van der Waals surface area contributed by atoms with Crippen molar-refractivity contribution in [3.63, 3.8) is 0 Å². The molecule has 0 amide bonds. The fourth-order valence-corrected chi connectivity index (χ4v) is 2.08. The lowest BCUT2D eigenvalue weighted by atomic mass is 9.98. The summed E-state index contributed by atoms with van der Waals surface area (Å²) in [7, 11) is 0. The van der Waals surface area contributed by atoms with Gasteiger partial charge in [-0.05, 0) is 35.4 Å². The first-order valence-electron chi connectivity index (χ1n) is 6.48. The highest BCUT2D eigenvalue weighted by Gasteiger charge is 2.30. The predicted octanol–water partition coefficient (Wildman–Crippen LogP) is 4.48. The molecule has 1 nitrogen and oxygen atoms in total. The zero-order valence-corrected chi connectivity index (χ0v) is 11.2. The number of benzene rings is 2. The van der Waals surface area contributed by atoms with Crippen LogP contribution in [-0.4, -0.2) is 6.54 Å². The van der Waals surface area contributed by atoms with E-state index in [1.54, 1.807) is 6.07 Å². The molecule has 4 heteroatoms. The molecular formula is C16H16F3N. The zero-order valence-electron chi connectivity index (χ0n) is 11.2. The first kappa shape index (κ1) is 14.6. The minimum atomic E-state index is -4.31. The molecule has 0 aliphatic carbocycles. The molecule has 0 fully saturated rings. The second-order valence-electron chi connectivity index (χ2n) is 4.52. The highest BCUT2D eigenvalue weighted by molar-refractivity contribution is 5.68. The summed E-state index contributed by atoms with van der Waals surface area (Å²) in [6, 6.07) is 13.0. The van der Waals surface area contributed by atoms with Crippen LogP contribution < -0.4 is 5.32 Å². The standard InChI is InChI=1S/C16H16F3N/c1-2-20-11-13-6-3-4-9-15(13)12-7-5-8-14(10-12)16(17,18)19/h3-10,20H,2,11H2,1H3. The van der Waals surface area contributed by atoms with Crippen LogP contribution in [0.4, 0.5) is 13.2 Å². The van der Waals surface area contributed by atoms with Gasteiger partial charge in [-0.25, -0.2) is 0 Å². The number of rotatable bonds is 4. The van der Waals surface area contributed by atoms with E-state index in [1.807, 2.05) is 31.2 Å². The van der Waals surface area contributed by atoms with E-state index in [4.69, 9.17) is 0 Å². The summed E-state index contributed by atoms with van der Waals surface area (Å²) in [5.74, 6) is 0. The van der Waals surface area contributed by atoms with E-state index < -0.39 is 11.7 Å². The molecule has 0 spiro atoms. The summed E-state index contributed by atoms with van der Waals surface area (Å²) in [6.45, 7) is 3.45. The van der Waals surface area contributed by atoms with Gasteiger partial charge < -0.3 is 5.32 Å². The van der Waals surface area contributed by atoms with Crippen molar-refractivity contribution in [2.45, 2.75) is 19.6 Å². The second kappa shape index (κ2) is 6.09. The Kier molecular flexibility index (Phi) is 4.45. The fourth-order valence-electron chi connectivity index (χ4n) is 2.08. The summed E-state index contributed by atoms with van der Waals surface area (Å²) in [4.78, 5) is 0. The van der Waals surface area contributed by atoms with Crippen LogP contribution in [0.5, 0.6) is 0 Å². The Morgan fingerprint density at radius 1 is 1.00 bits per heavy atom. The van der Waals surface area contributed by atoms with Gasteiger partial charge in [-0.2, -0.15) is 13.2 Å². The van der Waals surface area contributed by atoms with Crippen molar-refractivity contribution >= 4 is 0 Å². The normalized spacial score (nSPS) is 11.6. The molecule has 0 heterocycles. The quantitative estimate of drug-likeness (QED) is 0.870. The second-order valence-corrected chi connectivity index (χ2v) is 4.52. The third-order valence-electron chi connectivity index (χ3n) is 3.08. The van der Waals surface area contributed by atoms with E-state index in [1.165, 1.54) is 12.1 Å². The number of hydrogen-bond donors (Lipinski definition) is 1. The van der Waals surface area contributed by atoms with E-state index in [-0.39, 0.29) is 0 Å². The van der Waals surface area contributed by atoms with Gasteiger partial charge in [0.15, 0.2) is 0 Å². The molecule has 2 aromatic carbocycles. The largest absolute Gasteiger partial charge is 0.416 e. The van der Waals surface area contributed by atoms with Gasteiger partial charge in [0, 0.05) is 6.54 Å². The summed E-state index contributed by atoms with van der Waals surface area (Å²) in [5, 5.41) is 3.20. The predicted molar refractivity (Wildman–Crippen MR) is 74.3 cm³/mol. The molecule has 2 rings (SSSR count). The van der Waals surface area contributed by atoms with Gasteiger partial charge in [0.05, 0.1) is 5.56 Å². The molecule has 0 unspecified atom stereocenters. The van der Waals surface area contributed by atoms with Crippen LogP contribution in [0, 0.1) is 0 Å². The lowest BCUT2D eigenvalue weighted by Gasteiger charge is -2.12. The molecular weight excluding hydrogens is 263 g/mol. The Hall–Kier alpha value is -1.81. The Morgan fingerprint density at radius 2 is 1.75 bits per heavy atom. The van der Waals surface area contributed by atoms with Gasteiger partial charge in [-0.3, -0.25) is 0 Å². The Labute approximate surface area is 116 Å². The Morgan fingerprint density at radius 3 is 2.45 bits per heavy atom. The average Bonchev–Trinajstić information content (AvgIpc) is 2.45. The lowest BCUT2D eigenvalue weighted by molar-refractivity contribution is -0.137. The van der Waals surface area contributed by atoms with Crippen molar-refractivity contribution < 1.29 is 13.2 Å². The molecule has 106 valence electrons. The van der Waals surface area contributed by atoms with Crippen LogP contribution in [0.15, 0.2) is 48.5 Å². The first-order chi connectivity index (χ1) is 9.52. The average molecular weight is 279 g/mol. The summed E-state index contributed by atoms with van der Waals surface area (Å²) < 4.78 is 38.3. The fraction of sp³-hybridized carbons (Fsp3) is 0.250. The molecule has 0 aliphatic heterocycles. The van der Waals surface area contributed by atoms with Crippen molar-refractivity contribution in [3.8, 4) is 11.1 Å². The van der Waals surface area contributed by atoms with Gasteiger partial charge in [-0.15, -0.1) is 0 Å². The summed E-state index contributed by atoms with van der Waals surface area (Å²) in [5.41, 5.74) is 1.80. The van der Waals surface area contributed by atoms with Crippen LogP contribution in [-0.2, 0) is 12.7 Å². The molecule has 0 aliphatic rings. The lowest BCUT2D eigenvalue weighted by Crippen LogP contribution is -2.12. The molecule has 0 saturated carbocycles. The van der Waals surface area contributed by atoms with Crippen molar-refractivity contribution in [1.29, 1.82) is 0 Å². The first-order valence-corrected chi connectivity index (χ1v) is 6.48. The maximum Gasteiger partial charge on any atom is 0.416 e. The van der Waals surface area contributed by atoms with Gasteiger partial charge in [0.25, 0.3) is 0 Å². The maximum absolute atomic E-state index is 12.8. The molecule has 0 atom stereocenters. The molecule has 0 bridgehead atoms. The molecule has 2 aromatic rings. The number of hydrogen-bond acceptors (Lipinski definition) is 1. The van der Waals surface area contributed by atoms with E-state index in [0.717, 1.165) is 23.7 Å². The molecule has 20 heavy (non-hydrogen) atoms. The smallest absolute Gasteiger partial charge is 0.313 e. The minimum absolute atomic E-state index is 0.591. The van der Waals surface area contributed by atoms with Gasteiger partial charge in [0.2, 0.25) is 0 Å². The Bertz CT molecular complexity index is 576. The maximum atomic E-state index is 12.8. The van der Waals surface area contributed by atoms with E-state index in [0.29, 0.717) is 12.1 Å². The van der Waals surface area contributed by atoms with Crippen molar-refractivity contribution in [2.75, 3.05) is 6.54 Å². The van der Waals surface area contributed by atoms with Crippen molar-refractivity contribution in [3.05, 3.63) is 59.7 Å². The van der Waals surface area contributed by atoms with Crippen molar-refractivity contribution in [2.24, 2.45) is 0 Å². The van der Waals surface area contributed by atoms with Gasteiger partial charge in [0.1, 0.15) is 0 Å². The SMILES string of the molecule is CCNCc1ccccc1-c1cccc(C(F)(F)F)c1. The number of nitrogens with one attached hydrogen (secondary N) is 1. The third kappa shape index (κ3) is 3.39. The molecule has 0 saturated heterocycles. The number of halogens is 3. The topological polar surface area (TPSA) is 12.0 Å². The molecule has 1 N–H and O–H groups in total.